The molecule has 1 heterocycles. The van der Waals surface area contributed by atoms with Gasteiger partial charge in [-0.25, -0.2) is 17.2 Å². The number of ether oxygens (including phenoxy) is 2. The largest absolute Gasteiger partial charge is 0.493 e. The number of amides is 1. The minimum absolute atomic E-state index is 0.0523. The van der Waals surface area contributed by atoms with Gasteiger partial charge in [0.2, 0.25) is 15.9 Å². The van der Waals surface area contributed by atoms with Gasteiger partial charge in [-0.3, -0.25) is 4.79 Å². The molecule has 1 N–H and O–H groups in total. The Morgan fingerprint density at radius 2 is 1.63 bits per heavy atom. The number of hydrogen-bond acceptors (Lipinski definition) is 5. The van der Waals surface area contributed by atoms with Crippen LogP contribution in [0.25, 0.3) is 0 Å². The highest BCUT2D eigenvalue weighted by Crippen LogP contribution is 2.32. The number of methoxy groups -OCH3 is 2. The lowest BCUT2D eigenvalue weighted by Gasteiger charge is -2.30. The van der Waals surface area contributed by atoms with Crippen molar-refractivity contribution in [1.82, 2.24) is 4.31 Å². The topological polar surface area (TPSA) is 84.9 Å². The zero-order chi connectivity index (χ0) is 21.9. The van der Waals surface area contributed by atoms with Gasteiger partial charge in [0, 0.05) is 25.1 Å². The van der Waals surface area contributed by atoms with Crippen molar-refractivity contribution in [2.75, 3.05) is 32.6 Å². The van der Waals surface area contributed by atoms with E-state index in [1.165, 1.54) is 42.8 Å². The molecule has 10 heteroatoms. The van der Waals surface area contributed by atoms with E-state index < -0.39 is 39.2 Å². The van der Waals surface area contributed by atoms with Crippen LogP contribution in [0.3, 0.4) is 0 Å². The highest BCUT2D eigenvalue weighted by molar-refractivity contribution is 7.89. The van der Waals surface area contributed by atoms with E-state index in [1.807, 2.05) is 0 Å². The summed E-state index contributed by atoms with van der Waals surface area (Å²) in [6.07, 6.45) is 0.461. The van der Waals surface area contributed by atoms with Gasteiger partial charge in [-0.2, -0.15) is 4.31 Å². The van der Waals surface area contributed by atoms with Gasteiger partial charge in [0.05, 0.1) is 19.1 Å². The lowest BCUT2D eigenvalue weighted by Crippen LogP contribution is -2.41. The smallest absolute Gasteiger partial charge is 0.243 e. The molecule has 1 fully saturated rings. The van der Waals surface area contributed by atoms with Crippen LogP contribution in [-0.2, 0) is 14.8 Å². The monoisotopic (exact) mass is 440 g/mol. The molecule has 0 unspecified atom stereocenters. The van der Waals surface area contributed by atoms with Crippen molar-refractivity contribution in [3.63, 3.8) is 0 Å². The molecule has 0 aromatic heterocycles. The fraction of sp³-hybridized carbons (Fsp3) is 0.350. The standard InChI is InChI=1S/C20H22F2N2O5S/c1-28-17-7-6-14(12-18(17)29-2)30(26,27)24-10-8-13(9-11-24)20(25)23-19-15(21)4-3-5-16(19)22/h3-7,12-13H,8-11H2,1-2H3,(H,23,25). The molecule has 2 aromatic carbocycles. The van der Waals surface area contributed by atoms with E-state index in [-0.39, 0.29) is 30.8 Å². The molecule has 0 atom stereocenters. The third-order valence-corrected chi connectivity index (χ3v) is 6.92. The maximum absolute atomic E-state index is 13.7. The molecule has 7 nitrogen and oxygen atoms in total. The third-order valence-electron chi connectivity index (χ3n) is 5.03. The highest BCUT2D eigenvalue weighted by Gasteiger charge is 2.33. The summed E-state index contributed by atoms with van der Waals surface area (Å²) in [6.45, 7) is 0.211. The molecule has 162 valence electrons. The third kappa shape index (κ3) is 4.39. The lowest BCUT2D eigenvalue weighted by atomic mass is 9.97. The van der Waals surface area contributed by atoms with E-state index in [1.54, 1.807) is 0 Å². The summed E-state index contributed by atoms with van der Waals surface area (Å²) in [5.41, 5.74) is -0.497. The van der Waals surface area contributed by atoms with E-state index in [0.717, 1.165) is 12.1 Å². The minimum atomic E-state index is -3.79. The summed E-state index contributed by atoms with van der Waals surface area (Å²) in [7, 11) is -0.928. The summed E-state index contributed by atoms with van der Waals surface area (Å²) in [6, 6.07) is 7.63. The Morgan fingerprint density at radius 3 is 2.20 bits per heavy atom. The zero-order valence-electron chi connectivity index (χ0n) is 16.5. The molecule has 1 saturated heterocycles. The number of sulfonamides is 1. The summed E-state index contributed by atoms with van der Waals surface area (Å²) in [5.74, 6) is -2.12. The van der Waals surface area contributed by atoms with Crippen LogP contribution in [0.5, 0.6) is 11.5 Å². The van der Waals surface area contributed by atoms with E-state index in [2.05, 4.69) is 5.32 Å². The van der Waals surface area contributed by atoms with Gasteiger partial charge in [-0.15, -0.1) is 0 Å². The first-order valence-corrected chi connectivity index (χ1v) is 10.7. The molecular weight excluding hydrogens is 418 g/mol. The first kappa shape index (κ1) is 22.0. The number of hydrogen-bond donors (Lipinski definition) is 1. The van der Waals surface area contributed by atoms with Crippen LogP contribution in [0, 0.1) is 17.6 Å². The van der Waals surface area contributed by atoms with Crippen LogP contribution in [0.15, 0.2) is 41.3 Å². The normalized spacial score (nSPS) is 15.6. The number of para-hydroxylation sites is 1. The van der Waals surface area contributed by atoms with Gasteiger partial charge < -0.3 is 14.8 Å². The van der Waals surface area contributed by atoms with Crippen molar-refractivity contribution in [1.29, 1.82) is 0 Å². The zero-order valence-corrected chi connectivity index (χ0v) is 17.3. The number of nitrogens with one attached hydrogen (secondary N) is 1. The molecule has 3 rings (SSSR count). The Morgan fingerprint density at radius 1 is 1.03 bits per heavy atom. The maximum atomic E-state index is 13.7. The van der Waals surface area contributed by atoms with Gasteiger partial charge in [-0.1, -0.05) is 6.07 Å². The van der Waals surface area contributed by atoms with Crippen molar-refractivity contribution in [3.05, 3.63) is 48.0 Å². The second-order valence-corrected chi connectivity index (χ2v) is 8.72. The van der Waals surface area contributed by atoms with Gasteiger partial charge in [-0.05, 0) is 37.1 Å². The number of halogens is 2. The Balaban J connectivity index is 1.68. The quantitative estimate of drug-likeness (QED) is 0.747. The molecule has 1 aliphatic rings. The molecule has 0 spiro atoms. The van der Waals surface area contributed by atoms with Gasteiger partial charge in [0.15, 0.2) is 11.5 Å². The molecule has 0 radical (unpaired) electrons. The van der Waals surface area contributed by atoms with Crippen molar-refractivity contribution in [2.24, 2.45) is 5.92 Å². The Bertz CT molecular complexity index is 1020. The van der Waals surface area contributed by atoms with Crippen molar-refractivity contribution in [2.45, 2.75) is 17.7 Å². The van der Waals surface area contributed by atoms with Crippen LogP contribution in [-0.4, -0.2) is 45.9 Å². The molecule has 2 aromatic rings. The molecule has 0 saturated carbocycles. The minimum Gasteiger partial charge on any atom is -0.493 e. The van der Waals surface area contributed by atoms with E-state index in [4.69, 9.17) is 9.47 Å². The Labute approximate surface area is 173 Å². The van der Waals surface area contributed by atoms with Crippen molar-refractivity contribution in [3.8, 4) is 11.5 Å². The summed E-state index contributed by atoms with van der Waals surface area (Å²) in [5, 5.41) is 2.27. The SMILES string of the molecule is COc1ccc(S(=O)(=O)N2CCC(C(=O)Nc3c(F)cccc3F)CC2)cc1OC. The summed E-state index contributed by atoms with van der Waals surface area (Å²) >= 11 is 0. The summed E-state index contributed by atoms with van der Waals surface area (Å²) in [4.78, 5) is 12.5. The molecule has 0 bridgehead atoms. The first-order chi connectivity index (χ1) is 14.3. The summed E-state index contributed by atoms with van der Waals surface area (Å²) < 4.78 is 64.9. The Hall–Kier alpha value is -2.72. The lowest BCUT2D eigenvalue weighted by molar-refractivity contribution is -0.121. The molecular formula is C20H22F2N2O5S. The van der Waals surface area contributed by atoms with Gasteiger partial charge in [0.1, 0.15) is 17.3 Å². The molecule has 1 amide bonds. The predicted molar refractivity (Wildman–Crippen MR) is 106 cm³/mol. The van der Waals surface area contributed by atoms with E-state index >= 15 is 0 Å². The van der Waals surface area contributed by atoms with Crippen LogP contribution in [0.2, 0.25) is 0 Å². The number of carbonyl (C=O) groups excluding carboxylic acids is 1. The van der Waals surface area contributed by atoms with Crippen molar-refractivity contribution >= 4 is 21.6 Å². The van der Waals surface area contributed by atoms with Crippen LogP contribution < -0.4 is 14.8 Å². The van der Waals surface area contributed by atoms with Gasteiger partial charge in [0.25, 0.3) is 0 Å². The number of carbonyl (C=O) groups is 1. The highest BCUT2D eigenvalue weighted by atomic mass is 32.2. The predicted octanol–water partition coefficient (Wildman–Crippen LogP) is 3.02. The molecule has 1 aliphatic heterocycles. The van der Waals surface area contributed by atoms with E-state index in [9.17, 15) is 22.0 Å². The number of nitrogens with zero attached hydrogens (tertiary/aromatic N) is 1. The fourth-order valence-electron chi connectivity index (χ4n) is 3.33. The van der Waals surface area contributed by atoms with Crippen LogP contribution in [0.4, 0.5) is 14.5 Å². The molecule has 0 aliphatic carbocycles. The fourth-order valence-corrected chi connectivity index (χ4v) is 4.81. The average Bonchev–Trinajstić information content (AvgIpc) is 2.75. The second kappa shape index (κ2) is 8.97. The van der Waals surface area contributed by atoms with Gasteiger partial charge >= 0.3 is 0 Å². The van der Waals surface area contributed by atoms with E-state index in [0.29, 0.717) is 11.5 Å². The number of anilines is 1. The maximum Gasteiger partial charge on any atom is 0.243 e. The van der Waals surface area contributed by atoms with Crippen LogP contribution in [0.1, 0.15) is 12.8 Å². The number of piperidine rings is 1. The number of rotatable bonds is 6. The van der Waals surface area contributed by atoms with Crippen LogP contribution >= 0.6 is 0 Å². The molecule has 30 heavy (non-hydrogen) atoms. The Kier molecular flexibility index (Phi) is 6.57. The van der Waals surface area contributed by atoms with Crippen molar-refractivity contribution < 1.29 is 31.5 Å². The average molecular weight is 440 g/mol. The second-order valence-electron chi connectivity index (χ2n) is 6.78. The number of benzene rings is 2. The first-order valence-electron chi connectivity index (χ1n) is 9.25.